The first-order valence-corrected chi connectivity index (χ1v) is 12.0. The molecule has 182 valence electrons. The van der Waals surface area contributed by atoms with E-state index in [-0.39, 0.29) is 28.6 Å². The fraction of sp³-hybridized carbons (Fsp3) is 0.571. The van der Waals surface area contributed by atoms with Crippen LogP contribution in [0, 0.1) is 0 Å². The van der Waals surface area contributed by atoms with E-state index in [2.05, 4.69) is 91.8 Å². The molecule has 2 rings (SSSR count). The minimum absolute atomic E-state index is 0. The summed E-state index contributed by atoms with van der Waals surface area (Å²) < 4.78 is 0. The second-order valence-corrected chi connectivity index (χ2v) is 10.1. The van der Waals surface area contributed by atoms with Gasteiger partial charge < -0.3 is 16.8 Å². The molecule has 0 spiro atoms. The molecule has 0 aliphatic carbocycles. The molecule has 0 aliphatic rings. The van der Waals surface area contributed by atoms with Crippen LogP contribution >= 0.6 is 0 Å². The quantitative estimate of drug-likeness (QED) is 0.351. The minimum atomic E-state index is -0.104. The van der Waals surface area contributed by atoms with Gasteiger partial charge in [0.2, 0.25) is 0 Å². The first kappa shape index (κ1) is 28.8. The molecule has 2 atom stereocenters. The number of rotatable bonds is 10. The van der Waals surface area contributed by atoms with Gasteiger partial charge in [-0.3, -0.25) is 0 Å². The summed E-state index contributed by atoms with van der Waals surface area (Å²) in [6, 6.07) is 13.0. The van der Waals surface area contributed by atoms with E-state index in [1.165, 1.54) is 33.4 Å². The summed E-state index contributed by atoms with van der Waals surface area (Å²) in [6.45, 7) is 19.1. The molecular weight excluding hydrogens is 437 g/mol. The Bertz CT molecular complexity index is 721. The van der Waals surface area contributed by atoms with Gasteiger partial charge in [0.25, 0.3) is 0 Å². The average Bonchev–Trinajstić information content (AvgIpc) is 2.71. The van der Waals surface area contributed by atoms with Crippen molar-refractivity contribution in [2.45, 2.75) is 91.1 Å². The normalized spacial score (nSPS) is 13.7. The van der Waals surface area contributed by atoms with Gasteiger partial charge in [-0.15, -0.1) is 13.1 Å². The molecule has 0 radical (unpaired) electrons. The van der Waals surface area contributed by atoms with Crippen LogP contribution in [0.3, 0.4) is 0 Å². The van der Waals surface area contributed by atoms with Gasteiger partial charge in [0.15, 0.2) is 0 Å². The molecule has 2 unspecified atom stereocenters. The standard InChI is InChI=1S/C28H44N3.Ni/c1-17(2)21-11-9-12-22(18(3)4)27(21)25(29)15-31-16-26(30)28-23(19(5)6)13-10-14-24(28)20(7)8;/h9-14,17-20,25-26H,15-16,29-30H2,1-8H3;/q-1;. The Morgan fingerprint density at radius 2 is 0.812 bits per heavy atom. The second kappa shape index (κ2) is 12.9. The summed E-state index contributed by atoms with van der Waals surface area (Å²) in [5.41, 5.74) is 21.3. The maximum Gasteiger partial charge on any atom is 0.0110 e. The summed E-state index contributed by atoms with van der Waals surface area (Å²) in [4.78, 5) is 0. The van der Waals surface area contributed by atoms with Crippen molar-refractivity contribution in [3.63, 3.8) is 0 Å². The molecule has 2 aromatic rings. The first-order valence-electron chi connectivity index (χ1n) is 12.0. The van der Waals surface area contributed by atoms with Crippen LogP contribution in [-0.2, 0) is 16.5 Å². The van der Waals surface area contributed by atoms with Gasteiger partial charge in [0.1, 0.15) is 0 Å². The van der Waals surface area contributed by atoms with Crippen LogP contribution in [0.1, 0.15) is 125 Å². The molecule has 0 aliphatic heterocycles. The van der Waals surface area contributed by atoms with Crippen molar-refractivity contribution in [1.29, 1.82) is 0 Å². The molecule has 0 saturated carbocycles. The molecule has 4 heteroatoms. The van der Waals surface area contributed by atoms with Crippen LogP contribution in [0.4, 0.5) is 0 Å². The maximum absolute atomic E-state index is 6.72. The van der Waals surface area contributed by atoms with Crippen molar-refractivity contribution in [2.75, 3.05) is 13.1 Å². The Kier molecular flexibility index (Phi) is 11.6. The van der Waals surface area contributed by atoms with E-state index in [4.69, 9.17) is 16.8 Å². The van der Waals surface area contributed by atoms with Crippen molar-refractivity contribution >= 4 is 0 Å². The Morgan fingerprint density at radius 3 is 1.03 bits per heavy atom. The molecule has 0 saturated heterocycles. The van der Waals surface area contributed by atoms with Gasteiger partial charge in [0.05, 0.1) is 0 Å². The van der Waals surface area contributed by atoms with E-state index in [0.717, 1.165) is 0 Å². The monoisotopic (exact) mass is 480 g/mol. The largest absolute Gasteiger partial charge is 0.659 e. The van der Waals surface area contributed by atoms with Gasteiger partial charge in [0, 0.05) is 28.6 Å². The van der Waals surface area contributed by atoms with Crippen LogP contribution in [0.15, 0.2) is 36.4 Å². The van der Waals surface area contributed by atoms with Crippen molar-refractivity contribution < 1.29 is 16.5 Å². The van der Waals surface area contributed by atoms with E-state index in [0.29, 0.717) is 36.8 Å². The summed E-state index contributed by atoms with van der Waals surface area (Å²) in [6.07, 6.45) is 0. The summed E-state index contributed by atoms with van der Waals surface area (Å²) in [7, 11) is 0. The molecule has 0 heterocycles. The molecule has 3 nitrogen and oxygen atoms in total. The Hall–Kier alpha value is -1.19. The van der Waals surface area contributed by atoms with Crippen LogP contribution in [0.2, 0.25) is 0 Å². The Morgan fingerprint density at radius 1 is 0.562 bits per heavy atom. The third kappa shape index (κ3) is 6.91. The Balaban J connectivity index is 0.00000512. The number of hydrogen-bond donors (Lipinski definition) is 2. The molecule has 4 N–H and O–H groups in total. The van der Waals surface area contributed by atoms with Crippen molar-refractivity contribution in [1.82, 2.24) is 0 Å². The number of benzene rings is 2. The molecular formula is C28H44N3Ni-. The van der Waals surface area contributed by atoms with E-state index in [1.54, 1.807) is 0 Å². The fourth-order valence-corrected chi connectivity index (χ4v) is 4.61. The SMILES string of the molecule is CC(C)c1cccc(C(C)C)c1C(N)C[N-]CC(N)c1c(C(C)C)cccc1C(C)C.[Ni]. The smallest absolute Gasteiger partial charge is 0.0110 e. The van der Waals surface area contributed by atoms with Crippen molar-refractivity contribution in [3.8, 4) is 0 Å². The number of nitrogens with two attached hydrogens (primary N) is 2. The predicted molar refractivity (Wildman–Crippen MR) is 136 cm³/mol. The first-order chi connectivity index (χ1) is 14.6. The fourth-order valence-electron chi connectivity index (χ4n) is 4.61. The van der Waals surface area contributed by atoms with Gasteiger partial charge in [-0.05, 0) is 57.1 Å². The zero-order valence-electron chi connectivity index (χ0n) is 21.3. The maximum atomic E-state index is 6.72. The number of nitrogens with zero attached hydrogens (tertiary/aromatic N) is 1. The summed E-state index contributed by atoms with van der Waals surface area (Å²) in [5, 5.41) is 4.88. The zero-order valence-corrected chi connectivity index (χ0v) is 22.2. The van der Waals surface area contributed by atoms with Crippen LogP contribution in [-0.4, -0.2) is 13.1 Å². The van der Waals surface area contributed by atoms with E-state index >= 15 is 0 Å². The van der Waals surface area contributed by atoms with E-state index in [9.17, 15) is 0 Å². The molecule has 0 aromatic heterocycles. The third-order valence-corrected chi connectivity index (χ3v) is 6.23. The van der Waals surface area contributed by atoms with Gasteiger partial charge in [-0.25, -0.2) is 0 Å². The van der Waals surface area contributed by atoms with Crippen LogP contribution < -0.4 is 11.5 Å². The van der Waals surface area contributed by atoms with Gasteiger partial charge >= 0.3 is 0 Å². The zero-order chi connectivity index (χ0) is 23.3. The van der Waals surface area contributed by atoms with E-state index < -0.39 is 0 Å². The van der Waals surface area contributed by atoms with Crippen LogP contribution in [0.25, 0.3) is 5.32 Å². The van der Waals surface area contributed by atoms with Gasteiger partial charge in [-0.2, -0.15) is 0 Å². The van der Waals surface area contributed by atoms with Crippen molar-refractivity contribution in [3.05, 3.63) is 75.1 Å². The molecule has 32 heavy (non-hydrogen) atoms. The third-order valence-electron chi connectivity index (χ3n) is 6.23. The molecule has 0 fully saturated rings. The minimum Gasteiger partial charge on any atom is -0.659 e. The molecule has 0 amide bonds. The molecule has 0 bridgehead atoms. The molecule has 2 aromatic carbocycles. The Labute approximate surface area is 207 Å². The summed E-state index contributed by atoms with van der Waals surface area (Å²) in [5.74, 6) is 1.75. The number of hydrogen-bond acceptors (Lipinski definition) is 2. The summed E-state index contributed by atoms with van der Waals surface area (Å²) >= 11 is 0. The topological polar surface area (TPSA) is 66.1 Å². The van der Waals surface area contributed by atoms with Gasteiger partial charge in [-0.1, -0.05) is 91.8 Å². The van der Waals surface area contributed by atoms with E-state index in [1.807, 2.05) is 0 Å². The average molecular weight is 481 g/mol. The predicted octanol–water partition coefficient (Wildman–Crippen LogP) is 7.25. The van der Waals surface area contributed by atoms with Crippen molar-refractivity contribution in [2.24, 2.45) is 11.5 Å². The van der Waals surface area contributed by atoms with Crippen LogP contribution in [0.5, 0.6) is 0 Å². The second-order valence-electron chi connectivity index (χ2n) is 10.1.